The molecule has 0 spiro atoms. The minimum atomic E-state index is -1.25. The maximum Gasteiger partial charge on any atom is 0.335 e. The van der Waals surface area contributed by atoms with Gasteiger partial charge in [-0.2, -0.15) is 4.58 Å². The topological polar surface area (TPSA) is 121 Å². The van der Waals surface area contributed by atoms with Crippen molar-refractivity contribution < 1.29 is 34.3 Å². The van der Waals surface area contributed by atoms with Gasteiger partial charge in [-0.15, -0.1) is 0 Å². The summed E-state index contributed by atoms with van der Waals surface area (Å²) in [6, 6.07) is 10.5. The van der Waals surface area contributed by atoms with Crippen molar-refractivity contribution in [3.8, 4) is 0 Å². The lowest BCUT2D eigenvalue weighted by Gasteiger charge is -2.43. The zero-order valence-electron chi connectivity index (χ0n) is 32.1. The molecular formula is C44H58N2O6. The fourth-order valence-corrected chi connectivity index (χ4v) is 8.36. The van der Waals surface area contributed by atoms with E-state index in [9.17, 15) is 29.7 Å². The Balaban J connectivity index is 1.46. The molecule has 0 amide bonds. The summed E-state index contributed by atoms with van der Waals surface area (Å²) >= 11 is 0. The van der Waals surface area contributed by atoms with Crippen molar-refractivity contribution in [1.29, 1.82) is 0 Å². The lowest BCUT2D eigenvalue weighted by atomic mass is 9.71. The van der Waals surface area contributed by atoms with Crippen LogP contribution >= 0.6 is 0 Å². The SMILES string of the molecule is CCCCCCCCN1/C(=C/C2C(=O)/C(=C\C3=[N+](CCCCCCCC)c4ccc(C(=O)O)cc4C3(C)C)C2[O-])C(C)(C)c2cc(C(=O)O)ccc21. The molecule has 8 heteroatoms. The van der Waals surface area contributed by atoms with E-state index in [4.69, 9.17) is 0 Å². The number of allylic oxidation sites excluding steroid dienone is 2. The quantitative estimate of drug-likeness (QED) is 0.0902. The van der Waals surface area contributed by atoms with Gasteiger partial charge in [0.2, 0.25) is 5.69 Å². The van der Waals surface area contributed by atoms with Gasteiger partial charge in [0.15, 0.2) is 11.5 Å². The number of ketones is 1. The number of hydrogen-bond acceptors (Lipinski definition) is 5. The predicted octanol–water partition coefficient (Wildman–Crippen LogP) is 8.72. The molecule has 52 heavy (non-hydrogen) atoms. The van der Waals surface area contributed by atoms with Gasteiger partial charge in [0.25, 0.3) is 0 Å². The molecule has 2 atom stereocenters. The maximum atomic E-state index is 14.1. The molecular weight excluding hydrogens is 652 g/mol. The second kappa shape index (κ2) is 16.3. The molecule has 2 aromatic rings. The molecule has 2 aromatic carbocycles. The van der Waals surface area contributed by atoms with Gasteiger partial charge in [0.1, 0.15) is 6.54 Å². The predicted molar refractivity (Wildman–Crippen MR) is 205 cm³/mol. The number of nitrogens with zero attached hydrogens (tertiary/aromatic N) is 2. The number of rotatable bonds is 18. The highest BCUT2D eigenvalue weighted by Crippen LogP contribution is 2.50. The largest absolute Gasteiger partial charge is 0.848 e. The fraction of sp³-hybridized carbons (Fsp3) is 0.545. The first-order chi connectivity index (χ1) is 24.7. The zero-order valence-corrected chi connectivity index (χ0v) is 32.1. The van der Waals surface area contributed by atoms with Crippen LogP contribution < -0.4 is 10.0 Å². The molecule has 2 aliphatic heterocycles. The van der Waals surface area contributed by atoms with E-state index in [1.165, 1.54) is 38.5 Å². The maximum absolute atomic E-state index is 14.1. The molecule has 5 rings (SSSR count). The summed E-state index contributed by atoms with van der Waals surface area (Å²) in [7, 11) is 0. The molecule has 0 radical (unpaired) electrons. The molecule has 2 N–H and O–H groups in total. The van der Waals surface area contributed by atoms with Crippen molar-refractivity contribution in [3.63, 3.8) is 0 Å². The van der Waals surface area contributed by atoms with Gasteiger partial charge in [-0.05, 0) is 68.2 Å². The third-order valence-corrected chi connectivity index (χ3v) is 11.6. The van der Waals surface area contributed by atoms with Crippen LogP contribution in [0.5, 0.6) is 0 Å². The number of hydrogen-bond donors (Lipinski definition) is 2. The number of fused-ring (bicyclic) bond motifs is 2. The summed E-state index contributed by atoms with van der Waals surface area (Å²) in [5.41, 5.74) is 4.87. The first kappa shape index (κ1) is 39.2. The molecule has 280 valence electrons. The average Bonchev–Trinajstić information content (AvgIpc) is 3.45. The van der Waals surface area contributed by atoms with Gasteiger partial charge in [-0.25, -0.2) is 9.59 Å². The van der Waals surface area contributed by atoms with Gasteiger partial charge in [0.05, 0.1) is 16.5 Å². The second-order valence-corrected chi connectivity index (χ2v) is 16.0. The molecule has 8 nitrogen and oxygen atoms in total. The van der Waals surface area contributed by atoms with Gasteiger partial charge < -0.3 is 20.2 Å². The van der Waals surface area contributed by atoms with Crippen molar-refractivity contribution >= 4 is 34.8 Å². The standard InChI is InChI=1S/C44H58N2O6/c1-7-9-11-13-15-17-23-45-35-21-19-29(41(49)50)25-33(35)43(3,4)37(45)27-31-39(47)32(40(31)48)28-38-44(5,6)34-26-30(42(51)52)20-22-36(34)46(38)24-18-16-14-12-10-8-2/h19-22,25-28,31,39H,7-18,23-24H2,1-6H3,(H,49,50)(H,51,52)/b32-28-,37-27+. The molecule has 1 saturated carbocycles. The number of carbonyl (C=O) groups excluding carboxylic acids is 1. The van der Waals surface area contributed by atoms with E-state index in [1.807, 2.05) is 45.9 Å². The number of anilines is 1. The number of unbranched alkanes of at least 4 members (excludes halogenated alkanes) is 10. The van der Waals surface area contributed by atoms with Crippen LogP contribution in [0.25, 0.3) is 0 Å². The summed E-state index contributed by atoms with van der Waals surface area (Å²) < 4.78 is 2.19. The van der Waals surface area contributed by atoms with Crippen LogP contribution in [0.4, 0.5) is 11.4 Å². The molecule has 0 saturated heterocycles. The van der Waals surface area contributed by atoms with E-state index < -0.39 is 34.8 Å². The molecule has 2 heterocycles. The first-order valence-corrected chi connectivity index (χ1v) is 19.6. The second-order valence-electron chi connectivity index (χ2n) is 16.0. The highest BCUT2D eigenvalue weighted by atomic mass is 16.4. The number of carboxylic acids is 2. The van der Waals surface area contributed by atoms with Crippen LogP contribution in [-0.2, 0) is 15.6 Å². The molecule has 2 unspecified atom stereocenters. The highest BCUT2D eigenvalue weighted by molar-refractivity contribution is 6.14. The minimum absolute atomic E-state index is 0.185. The Morgan fingerprint density at radius 1 is 0.788 bits per heavy atom. The number of Topliss-reactive ketones (excluding diaryl/α,β-unsaturated/α-hetero) is 1. The summed E-state index contributed by atoms with van der Waals surface area (Å²) in [6.07, 6.45) is 16.0. The number of carbonyl (C=O) groups is 3. The van der Waals surface area contributed by atoms with Crippen LogP contribution in [0.2, 0.25) is 0 Å². The van der Waals surface area contributed by atoms with Gasteiger partial charge in [0, 0.05) is 53.4 Å². The van der Waals surface area contributed by atoms with Crippen molar-refractivity contribution in [3.05, 3.63) is 82.1 Å². The van der Waals surface area contributed by atoms with E-state index in [2.05, 4.69) is 23.3 Å². The third-order valence-electron chi connectivity index (χ3n) is 11.6. The Labute approximate surface area is 310 Å². The molecule has 0 aromatic heterocycles. The van der Waals surface area contributed by atoms with Crippen molar-refractivity contribution in [1.82, 2.24) is 0 Å². The number of carboxylic acid groups (broad SMARTS) is 2. The average molecular weight is 711 g/mol. The summed E-state index contributed by atoms with van der Waals surface area (Å²) in [5.74, 6) is -2.99. The monoisotopic (exact) mass is 710 g/mol. The van der Waals surface area contributed by atoms with Crippen LogP contribution in [0.15, 0.2) is 59.8 Å². The van der Waals surface area contributed by atoms with E-state index in [-0.39, 0.29) is 22.5 Å². The van der Waals surface area contributed by atoms with E-state index >= 15 is 0 Å². The summed E-state index contributed by atoms with van der Waals surface area (Å²) in [5, 5.41) is 33.6. The van der Waals surface area contributed by atoms with Gasteiger partial charge in [-0.3, -0.25) is 4.79 Å². The van der Waals surface area contributed by atoms with E-state index in [0.717, 1.165) is 85.5 Å². The van der Waals surface area contributed by atoms with Gasteiger partial charge in [-0.1, -0.05) is 97.7 Å². The molecule has 3 aliphatic rings. The Morgan fingerprint density at radius 3 is 1.94 bits per heavy atom. The van der Waals surface area contributed by atoms with Crippen LogP contribution in [-0.4, -0.2) is 57.4 Å². The molecule has 0 bridgehead atoms. The van der Waals surface area contributed by atoms with Gasteiger partial charge >= 0.3 is 11.9 Å². The smallest absolute Gasteiger partial charge is 0.335 e. The fourth-order valence-electron chi connectivity index (χ4n) is 8.36. The lowest BCUT2D eigenvalue weighted by Crippen LogP contribution is -2.53. The number of aromatic carboxylic acids is 2. The lowest BCUT2D eigenvalue weighted by molar-refractivity contribution is -0.438. The highest BCUT2D eigenvalue weighted by Gasteiger charge is 2.48. The van der Waals surface area contributed by atoms with E-state index in [0.29, 0.717) is 0 Å². The Hall–Kier alpha value is -4.04. The minimum Gasteiger partial charge on any atom is -0.848 e. The zero-order chi connectivity index (χ0) is 37.8. The van der Waals surface area contributed by atoms with Crippen LogP contribution in [0, 0.1) is 5.92 Å². The molecule has 1 fully saturated rings. The third kappa shape index (κ3) is 7.68. The van der Waals surface area contributed by atoms with Crippen molar-refractivity contribution in [2.24, 2.45) is 5.92 Å². The van der Waals surface area contributed by atoms with E-state index in [1.54, 1.807) is 30.3 Å². The van der Waals surface area contributed by atoms with Crippen molar-refractivity contribution in [2.45, 2.75) is 136 Å². The summed E-state index contributed by atoms with van der Waals surface area (Å²) in [4.78, 5) is 40.1. The number of benzene rings is 2. The Morgan fingerprint density at radius 2 is 1.35 bits per heavy atom. The van der Waals surface area contributed by atoms with Crippen LogP contribution in [0.3, 0.4) is 0 Å². The Bertz CT molecular complexity index is 1780. The van der Waals surface area contributed by atoms with Crippen molar-refractivity contribution in [2.75, 3.05) is 18.0 Å². The normalized spacial score (nSPS) is 21.5. The molecule has 1 aliphatic carbocycles. The summed E-state index contributed by atoms with van der Waals surface area (Å²) in [6.45, 7) is 14.0. The Kier molecular flexibility index (Phi) is 12.3. The first-order valence-electron chi connectivity index (χ1n) is 19.6. The van der Waals surface area contributed by atoms with Crippen LogP contribution in [0.1, 0.15) is 150 Å².